The van der Waals surface area contributed by atoms with Crippen molar-refractivity contribution in [1.82, 2.24) is 19.9 Å². The Morgan fingerprint density at radius 1 is 0.674 bits per heavy atom. The Hall–Kier alpha value is -3.94. The van der Waals surface area contributed by atoms with Gasteiger partial charge in [-0.2, -0.15) is 0 Å². The number of aromatic nitrogens is 4. The van der Waals surface area contributed by atoms with Crippen molar-refractivity contribution in [3.8, 4) is 0 Å². The van der Waals surface area contributed by atoms with E-state index in [4.69, 9.17) is 19.9 Å². The summed E-state index contributed by atoms with van der Waals surface area (Å²) in [6, 6.07) is 7.87. The number of aliphatic carboxylic acids is 2. The Morgan fingerprint density at radius 2 is 1.28 bits per heavy atom. The summed E-state index contributed by atoms with van der Waals surface area (Å²) in [6.45, 7) is 12.4. The van der Waals surface area contributed by atoms with Crippen LogP contribution in [-0.2, 0) is 39.5 Å². The molecule has 0 saturated heterocycles. The van der Waals surface area contributed by atoms with Gasteiger partial charge in [-0.05, 0) is 87.8 Å². The van der Waals surface area contributed by atoms with E-state index in [-0.39, 0.29) is 29.9 Å². The van der Waals surface area contributed by atoms with Gasteiger partial charge in [0.05, 0.1) is 22.8 Å². The molecule has 0 amide bonds. The topological polar surface area (TPSA) is 129 Å². The van der Waals surface area contributed by atoms with Crippen molar-refractivity contribution in [1.29, 1.82) is 0 Å². The van der Waals surface area contributed by atoms with Crippen LogP contribution < -0.4 is 9.97 Å². The van der Waals surface area contributed by atoms with Gasteiger partial charge in [0, 0.05) is 12.8 Å². The molecule has 0 fully saturated rings. The molecule has 5 rings (SSSR count). The van der Waals surface area contributed by atoms with Gasteiger partial charge in [0.15, 0.2) is 0 Å². The van der Waals surface area contributed by atoms with E-state index in [0.717, 1.165) is 91.0 Å². The van der Waals surface area contributed by atoms with Crippen LogP contribution in [0.1, 0.15) is 98.4 Å². The summed E-state index contributed by atoms with van der Waals surface area (Å²) in [6.07, 6.45) is 2.14. The second-order valence-electron chi connectivity index (χ2n) is 11.0. The minimum atomic E-state index is -0.890. The van der Waals surface area contributed by atoms with E-state index < -0.39 is 11.9 Å². The number of aryl methyl sites for hydroxylation is 4. The number of carboxylic acids is 2. The molecule has 3 aromatic rings. The number of fused-ring (bicyclic) bond motifs is 10. The molecule has 8 bridgehead atoms. The van der Waals surface area contributed by atoms with Crippen molar-refractivity contribution in [3.63, 3.8) is 0 Å². The Kier molecular flexibility index (Phi) is 9.47. The van der Waals surface area contributed by atoms with E-state index in [1.807, 2.05) is 38.1 Å². The minimum absolute atomic E-state index is 0. The summed E-state index contributed by atoms with van der Waals surface area (Å²) >= 11 is 0. The Bertz CT molecular complexity index is 1860. The van der Waals surface area contributed by atoms with Crippen molar-refractivity contribution in [2.45, 2.75) is 80.1 Å². The SMILES string of the molecule is CCC1=C(C)c2nc1ccc1[n-]c(c3nc(ccc4[n-]c2c(C)c4CC)C(C)=C3CCC(=O)O)c(CCC(=O)O)c1C.[Fe+2]. The number of hydrogen-bond acceptors (Lipinski definition) is 4. The molecule has 0 aliphatic carbocycles. The maximum Gasteiger partial charge on any atom is 2.00 e. The predicted molar refractivity (Wildman–Crippen MR) is 166 cm³/mol. The Morgan fingerprint density at radius 3 is 1.93 bits per heavy atom. The molecule has 0 spiro atoms. The van der Waals surface area contributed by atoms with Crippen molar-refractivity contribution >= 4 is 56.3 Å². The van der Waals surface area contributed by atoms with Gasteiger partial charge in [-0.3, -0.25) is 9.59 Å². The van der Waals surface area contributed by atoms with Crippen molar-refractivity contribution in [3.05, 3.63) is 69.3 Å². The van der Waals surface area contributed by atoms with E-state index in [2.05, 4.69) is 27.7 Å². The van der Waals surface area contributed by atoms with E-state index in [1.165, 1.54) is 0 Å². The van der Waals surface area contributed by atoms with Crippen LogP contribution in [0.15, 0.2) is 24.3 Å². The molecule has 2 aliphatic heterocycles. The maximum atomic E-state index is 11.6. The van der Waals surface area contributed by atoms with Crippen LogP contribution in [0.4, 0.5) is 0 Å². The summed E-state index contributed by atoms with van der Waals surface area (Å²) in [7, 11) is 0. The van der Waals surface area contributed by atoms with Gasteiger partial charge in [0.1, 0.15) is 0 Å². The Balaban J connectivity index is 0.00000423. The van der Waals surface area contributed by atoms with Crippen LogP contribution in [0.5, 0.6) is 0 Å². The van der Waals surface area contributed by atoms with Crippen molar-refractivity contribution in [2.75, 3.05) is 0 Å². The molecule has 2 aliphatic rings. The Labute approximate surface area is 261 Å². The van der Waals surface area contributed by atoms with E-state index >= 15 is 0 Å². The quantitative estimate of drug-likeness (QED) is 0.260. The normalized spacial score (nSPS) is 13.0. The molecule has 224 valence electrons. The first kappa shape index (κ1) is 32.0. The standard InChI is InChI=1S/C34H38N4O4.Fe/c1-7-21-19(5)31-32-20(6)22(8-2)28(38-32)14-12-26-18(4)24(10-16-30(41)42)34(36-26)33-23(9-15-29(39)40)17(3)25(35-33)11-13-27(21)37-31;/h11-14H,7-10,15-16H2,1-6H3,(H4,35,36,37,38,39,40,41,42);/q;+2/p-2. The average Bonchev–Trinajstić information content (AvgIpc) is 3.63. The van der Waals surface area contributed by atoms with Gasteiger partial charge >= 0.3 is 29.0 Å². The summed E-state index contributed by atoms with van der Waals surface area (Å²) in [4.78, 5) is 43.3. The van der Waals surface area contributed by atoms with E-state index in [1.54, 1.807) is 0 Å². The van der Waals surface area contributed by atoms with Crippen LogP contribution in [0.3, 0.4) is 0 Å². The first-order chi connectivity index (χ1) is 20.0. The van der Waals surface area contributed by atoms with Crippen LogP contribution in [0.25, 0.3) is 44.4 Å². The number of allylic oxidation sites excluding steroid dienone is 4. The third-order valence-corrected chi connectivity index (χ3v) is 8.54. The second-order valence-corrected chi connectivity index (χ2v) is 11.0. The molecular formula is C34H36FeN4O4. The average molecular weight is 621 g/mol. The third kappa shape index (κ3) is 5.84. The second kappa shape index (κ2) is 12.7. The molecule has 8 nitrogen and oxygen atoms in total. The first-order valence-electron chi connectivity index (χ1n) is 14.5. The summed E-state index contributed by atoms with van der Waals surface area (Å²) in [5, 5.41) is 19.0. The minimum Gasteiger partial charge on any atom is -0.656 e. The van der Waals surface area contributed by atoms with Gasteiger partial charge in [-0.1, -0.05) is 48.2 Å². The fourth-order valence-electron chi connectivity index (χ4n) is 6.16. The zero-order chi connectivity index (χ0) is 30.3. The predicted octanol–water partition coefficient (Wildman–Crippen LogP) is 6.90. The van der Waals surface area contributed by atoms with Crippen LogP contribution in [0.2, 0.25) is 0 Å². The van der Waals surface area contributed by atoms with Crippen LogP contribution >= 0.6 is 0 Å². The van der Waals surface area contributed by atoms with Gasteiger partial charge < -0.3 is 20.2 Å². The fraction of sp³-hybridized carbons (Fsp3) is 0.353. The summed E-state index contributed by atoms with van der Waals surface area (Å²) < 4.78 is 0. The number of nitrogens with zero attached hydrogens (tertiary/aromatic N) is 4. The number of carboxylic acid groups (broad SMARTS) is 2. The van der Waals surface area contributed by atoms with E-state index in [0.29, 0.717) is 24.1 Å². The molecule has 2 N–H and O–H groups in total. The van der Waals surface area contributed by atoms with Crippen molar-refractivity contribution in [2.24, 2.45) is 0 Å². The number of rotatable bonds is 8. The van der Waals surface area contributed by atoms with Gasteiger partial charge in [0.2, 0.25) is 0 Å². The van der Waals surface area contributed by atoms with Gasteiger partial charge in [0.25, 0.3) is 0 Å². The first-order valence-corrected chi connectivity index (χ1v) is 14.5. The van der Waals surface area contributed by atoms with E-state index in [9.17, 15) is 19.8 Å². The third-order valence-electron chi connectivity index (χ3n) is 8.54. The molecule has 0 aromatic carbocycles. The molecule has 3 aromatic heterocycles. The van der Waals surface area contributed by atoms with Crippen LogP contribution in [0, 0.1) is 13.8 Å². The van der Waals surface area contributed by atoms with Crippen molar-refractivity contribution < 1.29 is 36.9 Å². The van der Waals surface area contributed by atoms with Gasteiger partial charge in [-0.25, -0.2) is 9.97 Å². The monoisotopic (exact) mass is 620 g/mol. The largest absolute Gasteiger partial charge is 2.00 e. The number of carbonyl (C=O) groups is 2. The zero-order valence-corrected chi connectivity index (χ0v) is 26.5. The molecule has 5 heterocycles. The molecule has 0 atom stereocenters. The molecule has 43 heavy (non-hydrogen) atoms. The molecule has 0 radical (unpaired) electrons. The summed E-state index contributed by atoms with van der Waals surface area (Å²) in [5.41, 5.74) is 14.2. The summed E-state index contributed by atoms with van der Waals surface area (Å²) in [5.74, 6) is -1.78. The molecule has 9 heteroatoms. The molecule has 0 saturated carbocycles. The molecular weight excluding hydrogens is 584 g/mol. The van der Waals surface area contributed by atoms with Crippen LogP contribution in [-0.4, -0.2) is 32.1 Å². The molecule has 0 unspecified atom stereocenters. The maximum absolute atomic E-state index is 11.6. The smallest absolute Gasteiger partial charge is 0.656 e. The zero-order valence-electron chi connectivity index (χ0n) is 25.4. The van der Waals surface area contributed by atoms with Gasteiger partial charge in [-0.15, -0.1) is 22.1 Å². The fourth-order valence-corrected chi connectivity index (χ4v) is 6.16. The number of hydrogen-bond donors (Lipinski definition) is 2.